The van der Waals surface area contributed by atoms with Crippen molar-refractivity contribution in [3.63, 3.8) is 0 Å². The lowest BCUT2D eigenvalue weighted by molar-refractivity contribution is -0.0352. The number of hydrogen-bond acceptors (Lipinski definition) is 5. The fourth-order valence-corrected chi connectivity index (χ4v) is 5.01. The molecular formula is C23H29NO2S2. The zero-order valence-corrected chi connectivity index (χ0v) is 18.7. The van der Waals surface area contributed by atoms with Gasteiger partial charge in [0.2, 0.25) is 0 Å². The lowest BCUT2D eigenvalue weighted by Crippen LogP contribution is -2.28. The van der Waals surface area contributed by atoms with Crippen molar-refractivity contribution in [3.05, 3.63) is 48.5 Å². The van der Waals surface area contributed by atoms with Gasteiger partial charge in [0.05, 0.1) is 15.8 Å². The Labute approximate surface area is 176 Å². The molecule has 0 aliphatic heterocycles. The van der Waals surface area contributed by atoms with Crippen LogP contribution in [0.4, 0.5) is 0 Å². The fraction of sp³-hybridized carbons (Fsp3) is 0.435. The number of rotatable bonds is 9. The Balaban J connectivity index is 1.60. The van der Waals surface area contributed by atoms with E-state index >= 15 is 0 Å². The van der Waals surface area contributed by atoms with Crippen molar-refractivity contribution in [1.82, 2.24) is 4.98 Å². The Morgan fingerprint density at radius 1 is 1.00 bits per heavy atom. The average Bonchev–Trinajstić information content (AvgIpc) is 3.05. The molecule has 28 heavy (non-hydrogen) atoms. The van der Waals surface area contributed by atoms with E-state index in [0.717, 1.165) is 22.5 Å². The molecule has 0 aliphatic rings. The lowest BCUT2D eigenvalue weighted by Gasteiger charge is -2.29. The predicted molar refractivity (Wildman–Crippen MR) is 121 cm³/mol. The standard InChI is InChI=1S/C23H29NO2S2/c1-22(2,13-15-25)26-16-14-23(3,4)28-18-11-9-17(10-12-18)21-24-19-7-5-6-8-20(19)27-21/h5-12,25H,13-16H2,1-4H3. The third-order valence-corrected chi connectivity index (χ3v) is 7.05. The first kappa shape index (κ1) is 21.3. The summed E-state index contributed by atoms with van der Waals surface area (Å²) in [4.78, 5) is 6.00. The summed E-state index contributed by atoms with van der Waals surface area (Å²) in [5.74, 6) is 0. The smallest absolute Gasteiger partial charge is 0.124 e. The quantitative estimate of drug-likeness (QED) is 0.411. The molecule has 1 aromatic heterocycles. The van der Waals surface area contributed by atoms with Crippen LogP contribution in [0.2, 0.25) is 0 Å². The van der Waals surface area contributed by atoms with E-state index < -0.39 is 0 Å². The van der Waals surface area contributed by atoms with E-state index in [9.17, 15) is 0 Å². The van der Waals surface area contributed by atoms with Crippen LogP contribution in [-0.2, 0) is 4.74 Å². The third-order valence-electron chi connectivity index (χ3n) is 4.70. The molecule has 0 aliphatic carbocycles. The SMILES string of the molecule is CC(C)(CCO)OCCC(C)(C)Sc1ccc(-c2nc3ccccc3s2)cc1. The van der Waals surface area contributed by atoms with E-state index in [1.54, 1.807) is 11.3 Å². The van der Waals surface area contributed by atoms with E-state index in [0.29, 0.717) is 13.0 Å². The first-order valence-electron chi connectivity index (χ1n) is 9.68. The Hall–Kier alpha value is -1.40. The van der Waals surface area contributed by atoms with E-state index in [1.165, 1.54) is 9.60 Å². The summed E-state index contributed by atoms with van der Waals surface area (Å²) in [6, 6.07) is 17.0. The van der Waals surface area contributed by atoms with Gasteiger partial charge < -0.3 is 9.84 Å². The molecule has 0 unspecified atom stereocenters. The predicted octanol–water partition coefficient (Wildman–Crippen LogP) is 6.40. The van der Waals surface area contributed by atoms with Crippen molar-refractivity contribution >= 4 is 33.3 Å². The monoisotopic (exact) mass is 415 g/mol. The molecule has 150 valence electrons. The van der Waals surface area contributed by atoms with Crippen LogP contribution in [0.1, 0.15) is 40.5 Å². The summed E-state index contributed by atoms with van der Waals surface area (Å²) in [5, 5.41) is 10.2. The molecule has 2 aromatic carbocycles. The maximum Gasteiger partial charge on any atom is 0.124 e. The number of aliphatic hydroxyl groups excluding tert-OH is 1. The molecule has 1 heterocycles. The maximum absolute atomic E-state index is 9.11. The van der Waals surface area contributed by atoms with Crippen LogP contribution in [0.3, 0.4) is 0 Å². The number of thiazole rings is 1. The number of fused-ring (bicyclic) bond motifs is 1. The number of para-hydroxylation sites is 1. The van der Waals surface area contributed by atoms with E-state index in [1.807, 2.05) is 31.7 Å². The molecule has 0 saturated heterocycles. The van der Waals surface area contributed by atoms with Gasteiger partial charge >= 0.3 is 0 Å². The number of thioether (sulfide) groups is 1. The van der Waals surface area contributed by atoms with Gasteiger partial charge in [-0.25, -0.2) is 4.98 Å². The first-order valence-corrected chi connectivity index (χ1v) is 11.3. The van der Waals surface area contributed by atoms with E-state index in [2.05, 4.69) is 56.3 Å². The Morgan fingerprint density at radius 2 is 1.71 bits per heavy atom. The molecule has 0 atom stereocenters. The third kappa shape index (κ3) is 5.80. The zero-order valence-electron chi connectivity index (χ0n) is 17.1. The van der Waals surface area contributed by atoms with Gasteiger partial charge in [0.25, 0.3) is 0 Å². The van der Waals surface area contributed by atoms with Crippen molar-refractivity contribution in [2.75, 3.05) is 13.2 Å². The Kier molecular flexibility index (Phi) is 6.81. The van der Waals surface area contributed by atoms with Gasteiger partial charge in [-0.1, -0.05) is 38.1 Å². The van der Waals surface area contributed by atoms with Crippen molar-refractivity contribution in [2.24, 2.45) is 0 Å². The van der Waals surface area contributed by atoms with Gasteiger partial charge in [-0.05, 0) is 51.0 Å². The van der Waals surface area contributed by atoms with Gasteiger partial charge in [-0.3, -0.25) is 0 Å². The zero-order chi connectivity index (χ0) is 20.2. The highest BCUT2D eigenvalue weighted by Crippen LogP contribution is 2.37. The summed E-state index contributed by atoms with van der Waals surface area (Å²) in [5.41, 5.74) is 1.96. The fourth-order valence-electron chi connectivity index (χ4n) is 2.95. The molecular weight excluding hydrogens is 386 g/mol. The minimum Gasteiger partial charge on any atom is -0.396 e. The van der Waals surface area contributed by atoms with Gasteiger partial charge in [-0.15, -0.1) is 23.1 Å². The van der Waals surface area contributed by atoms with Gasteiger partial charge in [0.1, 0.15) is 5.01 Å². The second-order valence-electron chi connectivity index (χ2n) is 8.20. The molecule has 1 N–H and O–H groups in total. The normalized spacial score (nSPS) is 12.6. The molecule has 3 aromatic rings. The van der Waals surface area contributed by atoms with Gasteiger partial charge in [-0.2, -0.15) is 0 Å². The van der Waals surface area contributed by atoms with Crippen LogP contribution < -0.4 is 0 Å². The van der Waals surface area contributed by atoms with Crippen molar-refractivity contribution in [3.8, 4) is 10.6 Å². The van der Waals surface area contributed by atoms with Crippen LogP contribution >= 0.6 is 23.1 Å². The summed E-state index contributed by atoms with van der Waals surface area (Å²) >= 11 is 3.61. The molecule has 3 rings (SSSR count). The number of aliphatic hydroxyl groups is 1. The average molecular weight is 416 g/mol. The summed E-state index contributed by atoms with van der Waals surface area (Å²) in [6.07, 6.45) is 1.61. The molecule has 0 spiro atoms. The highest BCUT2D eigenvalue weighted by atomic mass is 32.2. The summed E-state index contributed by atoms with van der Waals surface area (Å²) in [7, 11) is 0. The highest BCUT2D eigenvalue weighted by molar-refractivity contribution is 8.00. The van der Waals surface area contributed by atoms with Crippen LogP contribution in [0.25, 0.3) is 20.8 Å². The van der Waals surface area contributed by atoms with Crippen LogP contribution in [0, 0.1) is 0 Å². The molecule has 0 amide bonds. The molecule has 5 heteroatoms. The van der Waals surface area contributed by atoms with Crippen molar-refractivity contribution in [1.29, 1.82) is 0 Å². The van der Waals surface area contributed by atoms with Crippen LogP contribution in [-0.4, -0.2) is 33.7 Å². The van der Waals surface area contributed by atoms with Gasteiger partial charge in [0.15, 0.2) is 0 Å². The highest BCUT2D eigenvalue weighted by Gasteiger charge is 2.23. The summed E-state index contributed by atoms with van der Waals surface area (Å²) < 4.78 is 7.27. The molecule has 0 saturated carbocycles. The minimum atomic E-state index is -0.269. The largest absolute Gasteiger partial charge is 0.396 e. The van der Waals surface area contributed by atoms with Crippen LogP contribution in [0.15, 0.2) is 53.4 Å². The van der Waals surface area contributed by atoms with Crippen LogP contribution in [0.5, 0.6) is 0 Å². The minimum absolute atomic E-state index is 0.0761. The second-order valence-corrected chi connectivity index (χ2v) is 11.0. The summed E-state index contributed by atoms with van der Waals surface area (Å²) in [6.45, 7) is 9.42. The number of nitrogens with zero attached hydrogens (tertiary/aromatic N) is 1. The number of ether oxygens (including phenoxy) is 1. The van der Waals surface area contributed by atoms with Gasteiger partial charge in [0, 0.05) is 28.4 Å². The number of hydrogen-bond donors (Lipinski definition) is 1. The van der Waals surface area contributed by atoms with Crippen molar-refractivity contribution in [2.45, 2.75) is 55.8 Å². The molecule has 0 fully saturated rings. The molecule has 3 nitrogen and oxygen atoms in total. The van der Waals surface area contributed by atoms with E-state index in [4.69, 9.17) is 14.8 Å². The first-order chi connectivity index (χ1) is 13.3. The topological polar surface area (TPSA) is 42.4 Å². The molecule has 0 bridgehead atoms. The molecule has 0 radical (unpaired) electrons. The maximum atomic E-state index is 9.11. The Morgan fingerprint density at radius 3 is 2.39 bits per heavy atom. The number of benzene rings is 2. The van der Waals surface area contributed by atoms with E-state index in [-0.39, 0.29) is 17.0 Å². The van der Waals surface area contributed by atoms with Crippen molar-refractivity contribution < 1.29 is 9.84 Å². The second kappa shape index (κ2) is 8.95. The number of aromatic nitrogens is 1. The Bertz CT molecular complexity index is 867. The lowest BCUT2D eigenvalue weighted by atomic mass is 10.1.